The number of carboxylic acids is 1. The van der Waals surface area contributed by atoms with E-state index in [1.807, 2.05) is 0 Å². The summed E-state index contributed by atoms with van der Waals surface area (Å²) in [4.78, 5) is 22.7. The van der Waals surface area contributed by atoms with E-state index in [0.717, 1.165) is 18.2 Å². The molecular weight excluding hydrogens is 329 g/mol. The molecule has 0 fully saturated rings. The van der Waals surface area contributed by atoms with Crippen molar-refractivity contribution in [1.82, 2.24) is 5.32 Å². The Morgan fingerprint density at radius 1 is 1.29 bits per heavy atom. The zero-order chi connectivity index (χ0) is 18.2. The zero-order valence-corrected chi connectivity index (χ0v) is 12.8. The minimum atomic E-state index is -4.51. The Morgan fingerprint density at radius 3 is 2.58 bits per heavy atom. The van der Waals surface area contributed by atoms with E-state index in [4.69, 9.17) is 15.6 Å². The summed E-state index contributed by atoms with van der Waals surface area (Å²) in [5.74, 6) is -2.05. The lowest BCUT2D eigenvalue weighted by molar-refractivity contribution is -0.142. The third-order valence-corrected chi connectivity index (χ3v) is 3.11. The third-order valence-electron chi connectivity index (χ3n) is 3.11. The van der Waals surface area contributed by atoms with Gasteiger partial charge in [0.15, 0.2) is 6.61 Å². The number of alkyl halides is 3. The Hall–Kier alpha value is -2.29. The average molecular weight is 348 g/mol. The first kappa shape index (κ1) is 19.8. The summed E-state index contributed by atoms with van der Waals surface area (Å²) in [6.07, 6.45) is -3.15. The number of carbonyl (C=O) groups is 2. The van der Waals surface area contributed by atoms with E-state index < -0.39 is 36.3 Å². The zero-order valence-electron chi connectivity index (χ0n) is 12.8. The van der Waals surface area contributed by atoms with Crippen LogP contribution in [0.1, 0.15) is 24.8 Å². The van der Waals surface area contributed by atoms with Gasteiger partial charge < -0.3 is 20.9 Å². The van der Waals surface area contributed by atoms with Crippen molar-refractivity contribution in [3.63, 3.8) is 0 Å². The fourth-order valence-electron chi connectivity index (χ4n) is 1.90. The van der Waals surface area contributed by atoms with Crippen molar-refractivity contribution < 1.29 is 32.6 Å². The molecule has 0 aliphatic heterocycles. The largest absolute Gasteiger partial charge is 0.484 e. The van der Waals surface area contributed by atoms with Crippen molar-refractivity contribution in [2.45, 2.75) is 31.5 Å². The molecule has 134 valence electrons. The van der Waals surface area contributed by atoms with E-state index in [2.05, 4.69) is 5.32 Å². The van der Waals surface area contributed by atoms with Crippen molar-refractivity contribution in [3.8, 4) is 5.75 Å². The maximum Gasteiger partial charge on any atom is 0.416 e. The summed E-state index contributed by atoms with van der Waals surface area (Å²) in [6.45, 7) is -0.166. The first-order valence-electron chi connectivity index (χ1n) is 7.26. The van der Waals surface area contributed by atoms with Gasteiger partial charge in [0.25, 0.3) is 5.91 Å². The van der Waals surface area contributed by atoms with Gasteiger partial charge in [-0.3, -0.25) is 4.79 Å². The number of halogens is 3. The monoisotopic (exact) mass is 348 g/mol. The fourth-order valence-corrected chi connectivity index (χ4v) is 1.90. The number of hydrogen-bond acceptors (Lipinski definition) is 4. The third kappa shape index (κ3) is 6.86. The van der Waals surface area contributed by atoms with Crippen molar-refractivity contribution in [2.24, 2.45) is 5.73 Å². The van der Waals surface area contributed by atoms with Crippen molar-refractivity contribution >= 4 is 11.9 Å². The van der Waals surface area contributed by atoms with Crippen LogP contribution in [0.3, 0.4) is 0 Å². The minimum absolute atomic E-state index is 0.130. The van der Waals surface area contributed by atoms with Gasteiger partial charge in [-0.1, -0.05) is 6.07 Å². The summed E-state index contributed by atoms with van der Waals surface area (Å²) in [6, 6.07) is 2.99. The van der Waals surface area contributed by atoms with Gasteiger partial charge in [0.1, 0.15) is 11.8 Å². The summed E-state index contributed by atoms with van der Waals surface area (Å²) >= 11 is 0. The normalized spacial score (nSPS) is 12.5. The predicted octanol–water partition coefficient (Wildman–Crippen LogP) is 1.78. The summed E-state index contributed by atoms with van der Waals surface area (Å²) in [7, 11) is 0. The van der Waals surface area contributed by atoms with Crippen molar-refractivity contribution in [2.75, 3.05) is 13.2 Å². The van der Waals surface area contributed by atoms with Crippen LogP contribution in [0.15, 0.2) is 24.3 Å². The number of hydrogen-bond donors (Lipinski definition) is 3. The molecule has 4 N–H and O–H groups in total. The lowest BCUT2D eigenvalue weighted by Crippen LogP contribution is -2.43. The number of unbranched alkanes of at least 4 members (excludes halogenated alkanes) is 1. The first-order chi connectivity index (χ1) is 11.2. The smallest absolute Gasteiger partial charge is 0.416 e. The molecule has 0 aliphatic carbocycles. The standard InChI is InChI=1S/C15H19F3N2O4/c16-15(17,18)10-4-3-5-11(8-10)24-9-13(21)20-12(14(22)23)6-1-2-7-19/h3-5,8,12H,1-2,6-7,9,19H2,(H,20,21)(H,22,23)/t12-/m0/s1. The van der Waals surface area contributed by atoms with E-state index >= 15 is 0 Å². The summed E-state index contributed by atoms with van der Waals surface area (Å²) in [5, 5.41) is 11.3. The van der Waals surface area contributed by atoms with Gasteiger partial charge in [-0.15, -0.1) is 0 Å². The molecule has 1 rings (SSSR count). The van der Waals surface area contributed by atoms with Gasteiger partial charge in [-0.2, -0.15) is 13.2 Å². The van der Waals surface area contributed by atoms with Crippen molar-refractivity contribution in [3.05, 3.63) is 29.8 Å². The maximum atomic E-state index is 12.6. The molecule has 1 aromatic rings. The van der Waals surface area contributed by atoms with Crippen LogP contribution in [0, 0.1) is 0 Å². The number of aliphatic carboxylic acids is 1. The Bertz CT molecular complexity index is 564. The maximum absolute atomic E-state index is 12.6. The molecule has 0 spiro atoms. The first-order valence-corrected chi connectivity index (χ1v) is 7.26. The van der Waals surface area contributed by atoms with Gasteiger partial charge in [0, 0.05) is 0 Å². The van der Waals surface area contributed by atoms with Crippen LogP contribution in [0.4, 0.5) is 13.2 Å². The highest BCUT2D eigenvalue weighted by molar-refractivity contribution is 5.84. The number of carboxylic acid groups (broad SMARTS) is 1. The average Bonchev–Trinajstić information content (AvgIpc) is 2.51. The van der Waals surface area contributed by atoms with Crippen molar-refractivity contribution in [1.29, 1.82) is 0 Å². The Labute approximate surface area is 136 Å². The highest BCUT2D eigenvalue weighted by atomic mass is 19.4. The van der Waals surface area contributed by atoms with E-state index in [1.165, 1.54) is 6.07 Å². The Morgan fingerprint density at radius 2 is 2.00 bits per heavy atom. The highest BCUT2D eigenvalue weighted by Crippen LogP contribution is 2.31. The lowest BCUT2D eigenvalue weighted by atomic mass is 10.1. The number of ether oxygens (including phenoxy) is 1. The highest BCUT2D eigenvalue weighted by Gasteiger charge is 2.30. The number of benzene rings is 1. The van der Waals surface area contributed by atoms with E-state index in [-0.39, 0.29) is 12.2 Å². The summed E-state index contributed by atoms with van der Waals surface area (Å²) in [5.41, 5.74) is 4.41. The second-order valence-corrected chi connectivity index (χ2v) is 5.06. The predicted molar refractivity (Wildman–Crippen MR) is 79.4 cm³/mol. The quantitative estimate of drug-likeness (QED) is 0.591. The molecule has 0 bridgehead atoms. The van der Waals surface area contributed by atoms with Gasteiger partial charge in [0.2, 0.25) is 0 Å². The molecule has 1 aromatic carbocycles. The van der Waals surface area contributed by atoms with Crippen LogP contribution in [-0.4, -0.2) is 36.2 Å². The topological polar surface area (TPSA) is 102 Å². The molecule has 0 radical (unpaired) electrons. The van der Waals surface area contributed by atoms with E-state index in [9.17, 15) is 22.8 Å². The molecule has 0 saturated carbocycles. The number of carbonyl (C=O) groups excluding carboxylic acids is 1. The van der Waals surface area contributed by atoms with E-state index in [0.29, 0.717) is 19.4 Å². The fraction of sp³-hybridized carbons (Fsp3) is 0.467. The molecule has 6 nitrogen and oxygen atoms in total. The molecule has 0 aromatic heterocycles. The Balaban J connectivity index is 2.54. The van der Waals surface area contributed by atoms with Crippen LogP contribution < -0.4 is 15.8 Å². The van der Waals surface area contributed by atoms with Gasteiger partial charge in [-0.25, -0.2) is 4.79 Å². The van der Waals surface area contributed by atoms with E-state index in [1.54, 1.807) is 0 Å². The summed E-state index contributed by atoms with van der Waals surface area (Å²) < 4.78 is 42.7. The van der Waals surface area contributed by atoms with Crippen LogP contribution >= 0.6 is 0 Å². The molecule has 1 atom stereocenters. The van der Waals surface area contributed by atoms with Gasteiger partial charge >= 0.3 is 12.1 Å². The van der Waals surface area contributed by atoms with Crippen LogP contribution in [-0.2, 0) is 15.8 Å². The molecule has 1 amide bonds. The lowest BCUT2D eigenvalue weighted by Gasteiger charge is -2.15. The minimum Gasteiger partial charge on any atom is -0.484 e. The van der Waals surface area contributed by atoms with Crippen LogP contribution in [0.25, 0.3) is 0 Å². The SMILES string of the molecule is NCCCC[C@H](NC(=O)COc1cccc(C(F)(F)F)c1)C(=O)O. The number of rotatable bonds is 9. The van der Waals surface area contributed by atoms with Crippen LogP contribution in [0.2, 0.25) is 0 Å². The molecule has 9 heteroatoms. The second-order valence-electron chi connectivity index (χ2n) is 5.06. The second kappa shape index (κ2) is 9.11. The number of amides is 1. The molecule has 0 saturated heterocycles. The molecular formula is C15H19F3N2O4. The van der Waals surface area contributed by atoms with Gasteiger partial charge in [-0.05, 0) is 44.0 Å². The number of nitrogens with two attached hydrogens (primary N) is 1. The molecule has 0 heterocycles. The molecule has 24 heavy (non-hydrogen) atoms. The molecule has 0 unspecified atom stereocenters. The molecule has 0 aliphatic rings. The number of nitrogens with one attached hydrogen (secondary N) is 1. The van der Waals surface area contributed by atoms with Gasteiger partial charge in [0.05, 0.1) is 5.56 Å². The Kier molecular flexibility index (Phi) is 7.50. The van der Waals surface area contributed by atoms with Crippen LogP contribution in [0.5, 0.6) is 5.75 Å².